The Kier molecular flexibility index (Phi) is 9.62. The Bertz CT molecular complexity index is 1040. The highest BCUT2D eigenvalue weighted by Gasteiger charge is 2.20. The van der Waals surface area contributed by atoms with Gasteiger partial charge >= 0.3 is 0 Å². The standard InChI is InChI=1S/C22H27Cl2N5O4/c1-12-18(30)9-14(21(32)29-17(20(25)31)3-2-7-28-22(26)27)10-19(12)33-8-6-13-4-5-15(23)11-16(13)24/h4-5,9-11,17,30H,2-3,6-8H2,1H3,(H2,25,31)(H,29,32)(H4,26,27,28)/t17-/m0/s1. The second kappa shape index (κ2) is 12.2. The Morgan fingerprint density at radius 1 is 1.18 bits per heavy atom. The van der Waals surface area contributed by atoms with Gasteiger partial charge in [-0.1, -0.05) is 29.3 Å². The van der Waals surface area contributed by atoms with Crippen molar-refractivity contribution >= 4 is 41.0 Å². The number of aliphatic imine (C=N–C) groups is 1. The summed E-state index contributed by atoms with van der Waals surface area (Å²) in [5.41, 5.74) is 17.4. The molecule has 0 fully saturated rings. The Balaban J connectivity index is 2.06. The summed E-state index contributed by atoms with van der Waals surface area (Å²) < 4.78 is 5.79. The van der Waals surface area contributed by atoms with E-state index in [0.29, 0.717) is 40.7 Å². The number of guanidine groups is 1. The van der Waals surface area contributed by atoms with Gasteiger partial charge in [0.1, 0.15) is 17.5 Å². The van der Waals surface area contributed by atoms with Crippen LogP contribution in [0.2, 0.25) is 10.0 Å². The number of carbonyl (C=O) groups is 2. The minimum absolute atomic E-state index is 0.0596. The number of nitrogens with zero attached hydrogens (tertiary/aromatic N) is 1. The maximum atomic E-state index is 12.7. The van der Waals surface area contributed by atoms with Crippen LogP contribution in [0.15, 0.2) is 35.3 Å². The number of nitrogens with two attached hydrogens (primary N) is 3. The van der Waals surface area contributed by atoms with Crippen LogP contribution in [-0.4, -0.2) is 42.1 Å². The number of benzene rings is 2. The molecule has 9 nitrogen and oxygen atoms in total. The van der Waals surface area contributed by atoms with Crippen LogP contribution in [0.1, 0.15) is 34.3 Å². The van der Waals surface area contributed by atoms with E-state index < -0.39 is 17.9 Å². The zero-order chi connectivity index (χ0) is 24.5. The lowest BCUT2D eigenvalue weighted by atomic mass is 10.1. The van der Waals surface area contributed by atoms with E-state index in [2.05, 4.69) is 10.3 Å². The largest absolute Gasteiger partial charge is 0.508 e. The fraction of sp³-hybridized carbons (Fsp3) is 0.318. The van der Waals surface area contributed by atoms with E-state index in [1.807, 2.05) is 0 Å². The zero-order valence-electron chi connectivity index (χ0n) is 18.1. The van der Waals surface area contributed by atoms with Crippen LogP contribution in [0.25, 0.3) is 0 Å². The number of amides is 2. The van der Waals surface area contributed by atoms with Crippen LogP contribution in [0, 0.1) is 6.92 Å². The molecule has 8 N–H and O–H groups in total. The predicted octanol–water partition coefficient (Wildman–Crippen LogP) is 2.27. The van der Waals surface area contributed by atoms with Gasteiger partial charge in [-0.15, -0.1) is 0 Å². The lowest BCUT2D eigenvalue weighted by Gasteiger charge is -2.17. The molecule has 2 aromatic rings. The van der Waals surface area contributed by atoms with Crippen LogP contribution >= 0.6 is 23.2 Å². The molecule has 178 valence electrons. The van der Waals surface area contributed by atoms with Crippen molar-refractivity contribution < 1.29 is 19.4 Å². The number of phenols is 1. The molecule has 0 bridgehead atoms. The summed E-state index contributed by atoms with van der Waals surface area (Å²) in [4.78, 5) is 28.3. The van der Waals surface area contributed by atoms with E-state index in [4.69, 9.17) is 45.1 Å². The second-order valence-corrected chi connectivity index (χ2v) is 8.17. The highest BCUT2D eigenvalue weighted by Crippen LogP contribution is 2.29. The molecule has 0 aromatic heterocycles. The SMILES string of the molecule is Cc1c(O)cc(C(=O)N[C@@H](CCCN=C(N)N)C(N)=O)cc1OCCc1ccc(Cl)cc1Cl. The average molecular weight is 496 g/mol. The first kappa shape index (κ1) is 26.1. The van der Waals surface area contributed by atoms with Crippen molar-refractivity contribution in [3.05, 3.63) is 57.1 Å². The van der Waals surface area contributed by atoms with Gasteiger partial charge in [0.2, 0.25) is 5.91 Å². The van der Waals surface area contributed by atoms with E-state index >= 15 is 0 Å². The fourth-order valence-corrected chi connectivity index (χ4v) is 3.48. The number of phenolic OH excluding ortho intramolecular Hbond substituents is 1. The molecule has 0 aliphatic carbocycles. The van der Waals surface area contributed by atoms with Crippen LogP contribution in [0.3, 0.4) is 0 Å². The third kappa shape index (κ3) is 8.03. The summed E-state index contributed by atoms with van der Waals surface area (Å²) >= 11 is 12.1. The molecule has 0 unspecified atom stereocenters. The third-order valence-corrected chi connectivity index (χ3v) is 5.42. The summed E-state index contributed by atoms with van der Waals surface area (Å²) in [6.07, 6.45) is 1.18. The minimum Gasteiger partial charge on any atom is -0.508 e. The quantitative estimate of drug-likeness (QED) is 0.182. The molecule has 0 aliphatic heterocycles. The molecule has 0 saturated carbocycles. The van der Waals surface area contributed by atoms with E-state index in [0.717, 1.165) is 5.56 Å². The molecule has 0 aliphatic rings. The lowest BCUT2D eigenvalue weighted by Crippen LogP contribution is -2.44. The first-order chi connectivity index (χ1) is 15.6. The van der Waals surface area contributed by atoms with Gasteiger partial charge in [-0.3, -0.25) is 14.6 Å². The van der Waals surface area contributed by atoms with Crippen LogP contribution in [0.4, 0.5) is 0 Å². The Morgan fingerprint density at radius 2 is 1.91 bits per heavy atom. The number of carbonyl (C=O) groups excluding carboxylic acids is 2. The van der Waals surface area contributed by atoms with Crippen LogP contribution in [-0.2, 0) is 11.2 Å². The number of aromatic hydroxyl groups is 1. The number of hydrogen-bond donors (Lipinski definition) is 5. The van der Waals surface area contributed by atoms with Gasteiger partial charge in [0.05, 0.1) is 6.61 Å². The number of halogens is 2. The molecule has 1 atom stereocenters. The van der Waals surface area contributed by atoms with Gasteiger partial charge < -0.3 is 32.4 Å². The van der Waals surface area contributed by atoms with Crippen molar-refractivity contribution in [3.8, 4) is 11.5 Å². The highest BCUT2D eigenvalue weighted by atomic mass is 35.5. The number of primary amides is 1. The number of ether oxygens (including phenoxy) is 1. The molecular weight excluding hydrogens is 469 g/mol. The molecule has 0 heterocycles. The summed E-state index contributed by atoms with van der Waals surface area (Å²) in [6, 6.07) is 7.05. The van der Waals surface area contributed by atoms with Gasteiger partial charge in [0.25, 0.3) is 5.91 Å². The molecule has 2 rings (SSSR count). The molecular formula is C22H27Cl2N5O4. The van der Waals surface area contributed by atoms with Crippen molar-refractivity contribution in [2.24, 2.45) is 22.2 Å². The van der Waals surface area contributed by atoms with Crippen molar-refractivity contribution in [3.63, 3.8) is 0 Å². The first-order valence-corrected chi connectivity index (χ1v) is 10.9. The molecule has 0 saturated heterocycles. The first-order valence-electron chi connectivity index (χ1n) is 10.1. The maximum absolute atomic E-state index is 12.7. The normalized spacial score (nSPS) is 11.5. The zero-order valence-corrected chi connectivity index (χ0v) is 19.6. The topological polar surface area (TPSA) is 166 Å². The molecule has 2 amide bonds. The second-order valence-electron chi connectivity index (χ2n) is 7.33. The average Bonchev–Trinajstić information content (AvgIpc) is 2.74. The Labute approximate surface area is 201 Å². The smallest absolute Gasteiger partial charge is 0.252 e. The highest BCUT2D eigenvalue weighted by molar-refractivity contribution is 6.35. The van der Waals surface area contributed by atoms with Gasteiger partial charge in [-0.2, -0.15) is 0 Å². The van der Waals surface area contributed by atoms with Gasteiger partial charge in [-0.05, 0) is 49.6 Å². The van der Waals surface area contributed by atoms with Crippen LogP contribution in [0.5, 0.6) is 11.5 Å². The fourth-order valence-electron chi connectivity index (χ4n) is 2.98. The molecule has 33 heavy (non-hydrogen) atoms. The van der Waals surface area contributed by atoms with Crippen molar-refractivity contribution in [1.29, 1.82) is 0 Å². The summed E-state index contributed by atoms with van der Waals surface area (Å²) in [7, 11) is 0. The molecule has 0 spiro atoms. The number of nitrogens with one attached hydrogen (secondary N) is 1. The maximum Gasteiger partial charge on any atom is 0.252 e. The molecule has 0 radical (unpaired) electrons. The van der Waals surface area contributed by atoms with E-state index in [9.17, 15) is 14.7 Å². The third-order valence-electron chi connectivity index (χ3n) is 4.83. The van der Waals surface area contributed by atoms with Crippen molar-refractivity contribution in [1.82, 2.24) is 5.32 Å². The summed E-state index contributed by atoms with van der Waals surface area (Å²) in [6.45, 7) is 2.21. The lowest BCUT2D eigenvalue weighted by molar-refractivity contribution is -0.120. The predicted molar refractivity (Wildman–Crippen MR) is 129 cm³/mol. The van der Waals surface area contributed by atoms with Crippen molar-refractivity contribution in [2.45, 2.75) is 32.2 Å². The summed E-state index contributed by atoms with van der Waals surface area (Å²) in [5.74, 6) is -1.13. The molecule has 11 heteroatoms. The summed E-state index contributed by atoms with van der Waals surface area (Å²) in [5, 5.41) is 13.9. The number of rotatable bonds is 11. The van der Waals surface area contributed by atoms with Crippen LogP contribution < -0.4 is 27.3 Å². The van der Waals surface area contributed by atoms with Gasteiger partial charge in [0, 0.05) is 34.1 Å². The van der Waals surface area contributed by atoms with E-state index in [-0.39, 0.29) is 30.3 Å². The van der Waals surface area contributed by atoms with E-state index in [1.165, 1.54) is 12.1 Å². The van der Waals surface area contributed by atoms with Gasteiger partial charge in [-0.25, -0.2) is 0 Å². The number of hydrogen-bond acceptors (Lipinski definition) is 5. The minimum atomic E-state index is -0.924. The van der Waals surface area contributed by atoms with E-state index in [1.54, 1.807) is 25.1 Å². The Hall–Kier alpha value is -3.17. The molecule has 2 aromatic carbocycles. The van der Waals surface area contributed by atoms with Gasteiger partial charge in [0.15, 0.2) is 5.96 Å². The Morgan fingerprint density at radius 3 is 2.55 bits per heavy atom. The van der Waals surface area contributed by atoms with Crippen molar-refractivity contribution in [2.75, 3.05) is 13.2 Å². The monoisotopic (exact) mass is 495 g/mol.